The minimum Gasteiger partial charge on any atom is -0.384 e. The van der Waals surface area contributed by atoms with Crippen LogP contribution in [0.4, 0.5) is 4.79 Å². The zero-order chi connectivity index (χ0) is 18.0. The molecule has 142 valence electrons. The SMILES string of the molecule is COCC1CCCN(C(=O)NC2c3ccccc3CC23CCOCC3)C1. The number of urea groups is 1. The standard InChI is InChI=1S/C21H30N2O3/c1-25-15-16-5-4-10-23(14-16)20(24)22-19-18-7-3-2-6-17(18)13-21(19)8-11-26-12-9-21/h2-3,6-7,16,19H,4-5,8-15H2,1H3,(H,22,24). The minimum atomic E-state index is 0.0818. The molecular formula is C21H30N2O3. The molecule has 2 saturated heterocycles. The van der Waals surface area contributed by atoms with E-state index in [-0.39, 0.29) is 17.5 Å². The highest BCUT2D eigenvalue weighted by atomic mass is 16.5. The lowest BCUT2D eigenvalue weighted by Crippen LogP contribution is -2.50. The number of likely N-dealkylation sites (tertiary alicyclic amines) is 1. The maximum Gasteiger partial charge on any atom is 0.317 e. The van der Waals surface area contributed by atoms with E-state index in [4.69, 9.17) is 9.47 Å². The highest BCUT2D eigenvalue weighted by Crippen LogP contribution is 2.51. The van der Waals surface area contributed by atoms with Crippen molar-refractivity contribution < 1.29 is 14.3 Å². The van der Waals surface area contributed by atoms with E-state index in [1.165, 1.54) is 11.1 Å². The van der Waals surface area contributed by atoms with Crippen LogP contribution in [0.2, 0.25) is 0 Å². The van der Waals surface area contributed by atoms with Crippen molar-refractivity contribution in [3.63, 3.8) is 0 Å². The van der Waals surface area contributed by atoms with Crippen molar-refractivity contribution in [1.82, 2.24) is 10.2 Å². The van der Waals surface area contributed by atoms with Gasteiger partial charge in [0.1, 0.15) is 0 Å². The van der Waals surface area contributed by atoms with Gasteiger partial charge in [0.05, 0.1) is 12.6 Å². The molecule has 0 radical (unpaired) electrons. The Bertz CT molecular complexity index is 640. The van der Waals surface area contributed by atoms with Crippen LogP contribution in [-0.2, 0) is 15.9 Å². The molecule has 2 atom stereocenters. The second-order valence-electron chi connectivity index (χ2n) is 8.14. The van der Waals surface area contributed by atoms with Gasteiger partial charge in [0.25, 0.3) is 0 Å². The van der Waals surface area contributed by atoms with E-state index in [1.54, 1.807) is 7.11 Å². The van der Waals surface area contributed by atoms with Crippen molar-refractivity contribution in [3.8, 4) is 0 Å². The van der Waals surface area contributed by atoms with Crippen molar-refractivity contribution in [3.05, 3.63) is 35.4 Å². The predicted molar refractivity (Wildman–Crippen MR) is 100 cm³/mol. The fourth-order valence-corrected chi connectivity index (χ4v) is 5.10. The number of amides is 2. The van der Waals surface area contributed by atoms with Gasteiger partial charge in [-0.3, -0.25) is 0 Å². The molecule has 1 spiro atoms. The fraction of sp³-hybridized carbons (Fsp3) is 0.667. The Kier molecular flexibility index (Phi) is 5.18. The van der Waals surface area contributed by atoms with Crippen molar-refractivity contribution in [2.75, 3.05) is 40.0 Å². The van der Waals surface area contributed by atoms with Crippen molar-refractivity contribution in [2.45, 2.75) is 38.1 Å². The van der Waals surface area contributed by atoms with Crippen LogP contribution < -0.4 is 5.32 Å². The van der Waals surface area contributed by atoms with E-state index >= 15 is 0 Å². The van der Waals surface area contributed by atoms with Crippen molar-refractivity contribution >= 4 is 6.03 Å². The fourth-order valence-electron chi connectivity index (χ4n) is 5.10. The number of nitrogens with one attached hydrogen (secondary N) is 1. The summed E-state index contributed by atoms with van der Waals surface area (Å²) in [5.74, 6) is 0.451. The van der Waals surface area contributed by atoms with Gasteiger partial charge >= 0.3 is 6.03 Å². The lowest BCUT2D eigenvalue weighted by Gasteiger charge is -2.41. The summed E-state index contributed by atoms with van der Waals surface area (Å²) in [6, 6.07) is 8.78. The second kappa shape index (κ2) is 7.57. The Balaban J connectivity index is 1.52. The number of benzene rings is 1. The van der Waals surface area contributed by atoms with Gasteiger partial charge < -0.3 is 19.7 Å². The summed E-state index contributed by atoms with van der Waals surface area (Å²) >= 11 is 0. The van der Waals surface area contributed by atoms with Gasteiger partial charge in [-0.15, -0.1) is 0 Å². The molecular weight excluding hydrogens is 328 g/mol. The van der Waals surface area contributed by atoms with Crippen LogP contribution in [0.1, 0.15) is 42.9 Å². The molecule has 1 aromatic rings. The highest BCUT2D eigenvalue weighted by Gasteiger charge is 2.47. The Hall–Kier alpha value is -1.59. The van der Waals surface area contributed by atoms with Gasteiger partial charge in [-0.05, 0) is 43.2 Å². The number of methoxy groups -OCH3 is 1. The maximum absolute atomic E-state index is 13.1. The van der Waals surface area contributed by atoms with Gasteiger partial charge in [0.2, 0.25) is 0 Å². The van der Waals surface area contributed by atoms with Crippen LogP contribution in [0.5, 0.6) is 0 Å². The van der Waals surface area contributed by atoms with E-state index in [0.717, 1.165) is 65.0 Å². The van der Waals surface area contributed by atoms with Crippen LogP contribution in [-0.4, -0.2) is 51.0 Å². The molecule has 3 aliphatic rings. The number of ether oxygens (including phenoxy) is 2. The Labute approximate surface area is 156 Å². The molecule has 26 heavy (non-hydrogen) atoms. The molecule has 2 fully saturated rings. The lowest BCUT2D eigenvalue weighted by molar-refractivity contribution is 0.000746. The average molecular weight is 358 g/mol. The van der Waals surface area contributed by atoms with Gasteiger partial charge in [-0.1, -0.05) is 24.3 Å². The van der Waals surface area contributed by atoms with Crippen molar-refractivity contribution in [1.29, 1.82) is 0 Å². The molecule has 0 bridgehead atoms. The quantitative estimate of drug-likeness (QED) is 0.903. The smallest absolute Gasteiger partial charge is 0.317 e. The van der Waals surface area contributed by atoms with Gasteiger partial charge in [-0.2, -0.15) is 0 Å². The van der Waals surface area contributed by atoms with Crippen molar-refractivity contribution in [2.24, 2.45) is 11.3 Å². The first kappa shape index (κ1) is 17.8. The lowest BCUT2D eigenvalue weighted by atomic mass is 9.74. The zero-order valence-electron chi connectivity index (χ0n) is 15.7. The molecule has 1 N–H and O–H groups in total. The average Bonchev–Trinajstić information content (AvgIpc) is 2.95. The number of hydrogen-bond acceptors (Lipinski definition) is 3. The highest BCUT2D eigenvalue weighted by molar-refractivity contribution is 5.75. The predicted octanol–water partition coefficient (Wildman–Crippen LogP) is 3.15. The van der Waals surface area contributed by atoms with E-state index < -0.39 is 0 Å². The summed E-state index contributed by atoms with van der Waals surface area (Å²) in [4.78, 5) is 15.1. The summed E-state index contributed by atoms with van der Waals surface area (Å²) in [5.41, 5.74) is 2.79. The molecule has 2 aliphatic heterocycles. The van der Waals surface area contributed by atoms with Crippen LogP contribution in [0.3, 0.4) is 0 Å². The normalized spacial score (nSPS) is 27.3. The topological polar surface area (TPSA) is 50.8 Å². The zero-order valence-corrected chi connectivity index (χ0v) is 15.7. The molecule has 5 heteroatoms. The number of piperidine rings is 1. The molecule has 2 unspecified atom stereocenters. The van der Waals surface area contributed by atoms with E-state index in [2.05, 4.69) is 29.6 Å². The summed E-state index contributed by atoms with van der Waals surface area (Å²) < 4.78 is 10.9. The molecule has 0 aromatic heterocycles. The molecule has 0 saturated carbocycles. The third kappa shape index (κ3) is 3.35. The molecule has 5 nitrogen and oxygen atoms in total. The first-order valence-electron chi connectivity index (χ1n) is 9.92. The van der Waals surface area contributed by atoms with E-state index in [9.17, 15) is 4.79 Å². The molecule has 1 aliphatic carbocycles. The van der Waals surface area contributed by atoms with E-state index in [0.29, 0.717) is 5.92 Å². The Morgan fingerprint density at radius 2 is 2.15 bits per heavy atom. The third-order valence-corrected chi connectivity index (χ3v) is 6.49. The minimum absolute atomic E-state index is 0.0818. The van der Waals surface area contributed by atoms with Crippen LogP contribution in [0.25, 0.3) is 0 Å². The van der Waals surface area contributed by atoms with Gasteiger partial charge in [0, 0.05) is 44.7 Å². The molecule has 4 rings (SSSR count). The Morgan fingerprint density at radius 3 is 2.96 bits per heavy atom. The number of carbonyl (C=O) groups is 1. The number of fused-ring (bicyclic) bond motifs is 1. The van der Waals surface area contributed by atoms with Gasteiger partial charge in [0.15, 0.2) is 0 Å². The largest absolute Gasteiger partial charge is 0.384 e. The monoisotopic (exact) mass is 358 g/mol. The van der Waals surface area contributed by atoms with E-state index in [1.807, 2.05) is 4.90 Å². The second-order valence-corrected chi connectivity index (χ2v) is 8.14. The first-order valence-corrected chi connectivity index (χ1v) is 9.92. The summed E-state index contributed by atoms with van der Waals surface area (Å²) in [5, 5.41) is 3.42. The molecule has 2 heterocycles. The van der Waals surface area contributed by atoms with Crippen LogP contribution in [0.15, 0.2) is 24.3 Å². The number of hydrogen-bond donors (Lipinski definition) is 1. The maximum atomic E-state index is 13.1. The molecule has 2 amide bonds. The van der Waals surface area contributed by atoms with Gasteiger partial charge in [-0.25, -0.2) is 4.79 Å². The summed E-state index contributed by atoms with van der Waals surface area (Å²) in [6.45, 7) is 3.96. The number of carbonyl (C=O) groups excluding carboxylic acids is 1. The first-order chi connectivity index (χ1) is 12.7. The third-order valence-electron chi connectivity index (χ3n) is 6.49. The number of rotatable bonds is 3. The van der Waals surface area contributed by atoms with Crippen LogP contribution in [0, 0.1) is 11.3 Å². The summed E-state index contributed by atoms with van der Waals surface area (Å²) in [6.07, 6.45) is 5.27. The number of nitrogens with zero attached hydrogens (tertiary/aromatic N) is 1. The molecule has 1 aromatic carbocycles. The Morgan fingerprint density at radius 1 is 1.35 bits per heavy atom. The summed E-state index contributed by atoms with van der Waals surface area (Å²) in [7, 11) is 1.74. The van der Waals surface area contributed by atoms with Crippen LogP contribution >= 0.6 is 0 Å².